The average molecular weight is 549 g/mol. The van der Waals surface area contributed by atoms with Gasteiger partial charge in [0.05, 0.1) is 36.5 Å². The highest BCUT2D eigenvalue weighted by Gasteiger charge is 2.22. The lowest BCUT2D eigenvalue weighted by Gasteiger charge is -2.26. The predicted octanol–water partition coefficient (Wildman–Crippen LogP) is 5.73. The summed E-state index contributed by atoms with van der Waals surface area (Å²) < 4.78 is 13.2. The van der Waals surface area contributed by atoms with Crippen molar-refractivity contribution in [1.29, 1.82) is 0 Å². The number of urea groups is 1. The molecule has 0 aliphatic carbocycles. The van der Waals surface area contributed by atoms with Crippen molar-refractivity contribution in [2.24, 2.45) is 0 Å². The summed E-state index contributed by atoms with van der Waals surface area (Å²) in [7, 11) is 0. The molecule has 0 atom stereocenters. The Kier molecular flexibility index (Phi) is 8.02. The van der Waals surface area contributed by atoms with Crippen LogP contribution in [0.25, 0.3) is 16.5 Å². The van der Waals surface area contributed by atoms with Crippen LogP contribution in [0.15, 0.2) is 60.8 Å². The van der Waals surface area contributed by atoms with Crippen LogP contribution in [0.4, 0.5) is 16.3 Å². The fourth-order valence-corrected chi connectivity index (χ4v) is 4.52. The summed E-state index contributed by atoms with van der Waals surface area (Å²) in [5.41, 5.74) is 1.98. The first kappa shape index (κ1) is 26.9. The minimum absolute atomic E-state index is 0.216. The number of ether oxygens (including phenoxy) is 2. The summed E-state index contributed by atoms with van der Waals surface area (Å²) in [6.45, 7) is 11.0. The molecule has 1 aliphatic heterocycles. The van der Waals surface area contributed by atoms with Crippen LogP contribution in [0.2, 0.25) is 5.15 Å². The van der Waals surface area contributed by atoms with Gasteiger partial charge in [-0.2, -0.15) is 5.10 Å². The normalized spacial score (nSPS) is 14.4. The highest BCUT2D eigenvalue weighted by atomic mass is 35.5. The van der Waals surface area contributed by atoms with Gasteiger partial charge in [-0.1, -0.05) is 56.6 Å². The monoisotopic (exact) mass is 548 g/mol. The molecule has 1 aliphatic rings. The molecular weight excluding hydrogens is 516 g/mol. The van der Waals surface area contributed by atoms with Gasteiger partial charge in [-0.15, -0.1) is 0 Å². The second-order valence-corrected chi connectivity index (χ2v) is 10.8. The first-order chi connectivity index (χ1) is 18.8. The van der Waals surface area contributed by atoms with E-state index in [9.17, 15) is 4.79 Å². The van der Waals surface area contributed by atoms with Gasteiger partial charge in [-0.05, 0) is 24.3 Å². The predicted molar refractivity (Wildman–Crippen MR) is 154 cm³/mol. The Morgan fingerprint density at radius 2 is 1.82 bits per heavy atom. The van der Waals surface area contributed by atoms with Crippen LogP contribution in [0.3, 0.4) is 0 Å². The molecule has 1 saturated heterocycles. The van der Waals surface area contributed by atoms with Gasteiger partial charge in [0.25, 0.3) is 0 Å². The van der Waals surface area contributed by atoms with Crippen LogP contribution < -0.4 is 15.4 Å². The molecule has 2 aromatic heterocycles. The zero-order valence-electron chi connectivity index (χ0n) is 22.4. The van der Waals surface area contributed by atoms with Crippen molar-refractivity contribution in [3.8, 4) is 11.4 Å². The quantitative estimate of drug-likeness (QED) is 0.287. The van der Waals surface area contributed by atoms with Crippen LogP contribution in [0, 0.1) is 0 Å². The Bertz CT molecular complexity index is 1440. The maximum Gasteiger partial charge on any atom is 0.324 e. The standard InChI is InChI=1S/C29H33ClN6O3/c1-29(2,3)25-18-27(36(34-25)20-8-11-26(30)31-19-20)33-28(37)32-23-9-10-24(22-7-5-4-6-21(22)23)39-17-14-35-12-15-38-16-13-35/h4-11,18-19H,12-17H2,1-3H3,(H2,32,33,37). The number of carbonyl (C=O) groups excluding carboxylic acids is 1. The molecule has 0 saturated carbocycles. The number of halogens is 1. The maximum atomic E-state index is 13.2. The van der Waals surface area contributed by atoms with Gasteiger partial charge in [0.1, 0.15) is 23.3 Å². The Labute approximate surface area is 233 Å². The first-order valence-electron chi connectivity index (χ1n) is 13.0. The number of carbonyl (C=O) groups is 1. The van der Waals surface area contributed by atoms with Crippen LogP contribution in [0.5, 0.6) is 5.75 Å². The molecule has 5 rings (SSSR count). The molecule has 0 spiro atoms. The first-order valence-corrected chi connectivity index (χ1v) is 13.4. The third-order valence-electron chi connectivity index (χ3n) is 6.58. The minimum atomic E-state index is -0.385. The van der Waals surface area contributed by atoms with Crippen molar-refractivity contribution in [3.05, 3.63) is 71.6 Å². The highest BCUT2D eigenvalue weighted by molar-refractivity contribution is 6.29. The molecule has 0 unspecified atom stereocenters. The third-order valence-corrected chi connectivity index (χ3v) is 6.80. The summed E-state index contributed by atoms with van der Waals surface area (Å²) in [5, 5.41) is 12.9. The molecule has 9 nitrogen and oxygen atoms in total. The number of aromatic nitrogens is 3. The van der Waals surface area contributed by atoms with E-state index < -0.39 is 0 Å². The number of hydrogen-bond donors (Lipinski definition) is 2. The topological polar surface area (TPSA) is 93.5 Å². The second kappa shape index (κ2) is 11.6. The number of rotatable bonds is 7. The molecule has 4 aromatic rings. The fraction of sp³-hybridized carbons (Fsp3) is 0.345. The number of pyridine rings is 1. The zero-order valence-corrected chi connectivity index (χ0v) is 23.2. The zero-order chi connectivity index (χ0) is 27.4. The van der Waals surface area contributed by atoms with E-state index in [-0.39, 0.29) is 11.4 Å². The van der Waals surface area contributed by atoms with Crippen molar-refractivity contribution in [2.45, 2.75) is 26.2 Å². The number of nitrogens with one attached hydrogen (secondary N) is 2. The van der Waals surface area contributed by atoms with Crippen LogP contribution in [-0.4, -0.2) is 65.2 Å². The molecule has 204 valence electrons. The summed E-state index contributed by atoms with van der Waals surface area (Å²) in [6, 6.07) is 16.6. The highest BCUT2D eigenvalue weighted by Crippen LogP contribution is 2.32. The van der Waals surface area contributed by atoms with Crippen molar-refractivity contribution < 1.29 is 14.3 Å². The van der Waals surface area contributed by atoms with E-state index in [1.165, 1.54) is 0 Å². The fourth-order valence-electron chi connectivity index (χ4n) is 4.41. The lowest BCUT2D eigenvalue weighted by atomic mass is 9.92. The summed E-state index contributed by atoms with van der Waals surface area (Å²) in [6.07, 6.45) is 1.62. The third kappa shape index (κ3) is 6.50. The van der Waals surface area contributed by atoms with Crippen molar-refractivity contribution in [3.63, 3.8) is 0 Å². The number of nitrogens with zero attached hydrogens (tertiary/aromatic N) is 4. The van der Waals surface area contributed by atoms with Gasteiger partial charge in [-0.25, -0.2) is 14.5 Å². The van der Waals surface area contributed by atoms with Crippen LogP contribution in [-0.2, 0) is 10.2 Å². The Morgan fingerprint density at radius 3 is 2.54 bits per heavy atom. The molecular formula is C29H33ClN6O3. The van der Waals surface area contributed by atoms with E-state index in [2.05, 4.69) is 41.3 Å². The van der Waals surface area contributed by atoms with Gasteiger partial charge in [0.2, 0.25) is 0 Å². The smallest absolute Gasteiger partial charge is 0.324 e. The van der Waals surface area contributed by atoms with E-state index in [0.717, 1.165) is 55.1 Å². The molecule has 3 heterocycles. The summed E-state index contributed by atoms with van der Waals surface area (Å²) in [5.74, 6) is 1.31. The lowest BCUT2D eigenvalue weighted by Crippen LogP contribution is -2.38. The summed E-state index contributed by atoms with van der Waals surface area (Å²) >= 11 is 5.98. The van der Waals surface area contributed by atoms with Crippen molar-refractivity contribution in [2.75, 3.05) is 50.1 Å². The molecule has 0 radical (unpaired) electrons. The minimum Gasteiger partial charge on any atom is -0.492 e. The van der Waals surface area contributed by atoms with Crippen molar-refractivity contribution in [1.82, 2.24) is 19.7 Å². The van der Waals surface area contributed by atoms with Crippen LogP contribution in [0.1, 0.15) is 26.5 Å². The molecule has 2 N–H and O–H groups in total. The van der Waals surface area contributed by atoms with Gasteiger partial charge < -0.3 is 14.8 Å². The van der Waals surface area contributed by atoms with E-state index in [1.807, 2.05) is 48.5 Å². The van der Waals surface area contributed by atoms with E-state index in [1.54, 1.807) is 16.9 Å². The molecule has 39 heavy (non-hydrogen) atoms. The molecule has 2 amide bonds. The average Bonchev–Trinajstić information content (AvgIpc) is 3.35. The Hall–Kier alpha value is -3.66. The van der Waals surface area contributed by atoms with E-state index in [0.29, 0.717) is 29.0 Å². The van der Waals surface area contributed by atoms with E-state index in [4.69, 9.17) is 26.2 Å². The second-order valence-electron chi connectivity index (χ2n) is 10.5. The molecule has 2 aromatic carbocycles. The number of morpholine rings is 1. The number of benzene rings is 2. The number of anilines is 2. The largest absolute Gasteiger partial charge is 0.492 e. The number of amides is 2. The van der Waals surface area contributed by atoms with Gasteiger partial charge in [0.15, 0.2) is 0 Å². The van der Waals surface area contributed by atoms with Crippen molar-refractivity contribution >= 4 is 39.9 Å². The molecule has 1 fully saturated rings. The Morgan fingerprint density at radius 1 is 1.05 bits per heavy atom. The Balaban J connectivity index is 1.33. The molecule has 0 bridgehead atoms. The lowest BCUT2D eigenvalue weighted by molar-refractivity contribution is 0.0323. The number of fused-ring (bicyclic) bond motifs is 1. The van der Waals surface area contributed by atoms with Gasteiger partial charge in [-0.3, -0.25) is 10.2 Å². The number of hydrogen-bond acceptors (Lipinski definition) is 6. The van der Waals surface area contributed by atoms with Gasteiger partial charge in [0, 0.05) is 41.9 Å². The van der Waals surface area contributed by atoms with Gasteiger partial charge >= 0.3 is 6.03 Å². The SMILES string of the molecule is CC(C)(C)c1cc(NC(=O)Nc2ccc(OCCN3CCOCC3)c3ccccc23)n(-c2ccc(Cl)nc2)n1. The molecule has 10 heteroatoms. The maximum absolute atomic E-state index is 13.2. The van der Waals surface area contributed by atoms with Crippen LogP contribution >= 0.6 is 11.6 Å². The summed E-state index contributed by atoms with van der Waals surface area (Å²) in [4.78, 5) is 19.7. The van der Waals surface area contributed by atoms with E-state index >= 15 is 0 Å².